The Morgan fingerprint density at radius 1 is 0.647 bits per heavy atom. The van der Waals surface area contributed by atoms with Crippen molar-refractivity contribution in [3.63, 3.8) is 0 Å². The Kier molecular flexibility index (Phi) is 14.9. The zero-order valence-corrected chi connectivity index (χ0v) is 39.5. The molecule has 2 aromatic heterocycles. The Balaban J connectivity index is 0.000000192. The van der Waals surface area contributed by atoms with Gasteiger partial charge in [-0.1, -0.05) is 80.7 Å². The molecule has 0 bridgehead atoms. The summed E-state index contributed by atoms with van der Waals surface area (Å²) in [5.41, 5.74) is 7.48. The maximum absolute atomic E-state index is 13.3. The fourth-order valence-corrected chi connectivity index (χ4v) is 9.18. The fraction of sp³-hybridized carbons (Fsp3) is 0.456. The number of halogens is 1. The number of nitrogens with one attached hydrogen (secondary N) is 1. The van der Waals surface area contributed by atoms with Crippen LogP contribution < -0.4 is 18.9 Å². The van der Waals surface area contributed by atoms with Crippen LogP contribution in [0.4, 0.5) is 4.39 Å². The van der Waals surface area contributed by atoms with Crippen molar-refractivity contribution < 1.29 is 43.8 Å². The topological polar surface area (TPSA) is 118 Å². The first-order chi connectivity index (χ1) is 31.9. The van der Waals surface area contributed by atoms with Crippen molar-refractivity contribution in [1.29, 1.82) is 0 Å². The maximum Gasteiger partial charge on any atom is 0.231 e. The second-order valence-electron chi connectivity index (χ2n) is 20.1. The molecule has 0 radical (unpaired) electrons. The normalized spacial score (nSPS) is 17.7. The van der Waals surface area contributed by atoms with Gasteiger partial charge in [-0.05, 0) is 127 Å². The van der Waals surface area contributed by atoms with Gasteiger partial charge in [0.25, 0.3) is 0 Å². The largest absolute Gasteiger partial charge is 0.454 e. The van der Waals surface area contributed by atoms with Gasteiger partial charge >= 0.3 is 0 Å². The number of Topliss-reactive ketones (excluding diaryl/α,β-unsaturated/α-hetero) is 2. The van der Waals surface area contributed by atoms with Gasteiger partial charge in [-0.3, -0.25) is 23.3 Å². The molecule has 0 amide bonds. The summed E-state index contributed by atoms with van der Waals surface area (Å²) in [5, 5.41) is 2.17. The quantitative estimate of drug-likeness (QED) is 0.160. The van der Waals surface area contributed by atoms with E-state index in [1.54, 1.807) is 11.5 Å². The smallest absolute Gasteiger partial charge is 0.231 e. The molecule has 1 N–H and O–H groups in total. The van der Waals surface area contributed by atoms with Gasteiger partial charge in [0.2, 0.25) is 19.5 Å². The highest BCUT2D eigenvalue weighted by atomic mass is 19.1. The lowest BCUT2D eigenvalue weighted by molar-refractivity contribution is -0.121. The SMILES string of the molecule is C.C.CC(=O)n1c(C(C)(C)C)cc2cc(CC(=O)C3(c4ccc5c(c4)OCO5)CC3)ccc21.CC(C)(C)c1cc2cc(CC(=O)C3(c4ccc5c(c4)OCO5)CC3)ccc2[nH]1.CF.[2H]C1CCCO1. The van der Waals surface area contributed by atoms with E-state index in [2.05, 4.69) is 82.9 Å². The summed E-state index contributed by atoms with van der Waals surface area (Å²) < 4.78 is 44.8. The van der Waals surface area contributed by atoms with Crippen LogP contribution in [0.15, 0.2) is 84.9 Å². The molecule has 2 saturated carbocycles. The van der Waals surface area contributed by atoms with Gasteiger partial charge in [-0.25, -0.2) is 0 Å². The first-order valence-electron chi connectivity index (χ1n) is 23.6. The van der Waals surface area contributed by atoms with Gasteiger partial charge in [0, 0.05) is 66.1 Å². The molecule has 1 atom stereocenters. The number of nitrogens with zero attached hydrogens (tertiary/aromatic N) is 1. The van der Waals surface area contributed by atoms with Crippen LogP contribution in [0.5, 0.6) is 23.0 Å². The van der Waals surface area contributed by atoms with Crippen LogP contribution in [0.2, 0.25) is 0 Å². The Bertz CT molecular complexity index is 2820. The standard InChI is InChI=1S/C26H27NO4.C24H25NO3.C4H8O.CH3F.2CH4/c1-16(28)27-20-7-5-17(11-18(20)13-23(27)25(2,3)4)12-24(29)26(9-10-26)19-6-8-21-22(14-19)31-15-30-21;1-23(2,3)21-12-16-10-15(4-6-18(16)25-21)11-22(26)24(8-9-24)17-5-7-19-20(13-17)28-14-27-19;1-2-4-5-3-1;1-2;;/h5-8,11,13-14H,9-10,12,15H2,1-4H3;4-7,10,12-13,25H,8-9,11,14H2,1-3H3;1-4H2;1H3;2*1H4/i;;3D;;;. The van der Waals surface area contributed by atoms with E-state index in [4.69, 9.17) is 25.1 Å². The average Bonchev–Trinajstić information content (AvgIpc) is 3.80. The molecule has 5 aliphatic rings. The van der Waals surface area contributed by atoms with Crippen LogP contribution in [0.3, 0.4) is 0 Å². The first kappa shape index (κ1) is 50.0. The molecular formula is C57H71FN2O8. The van der Waals surface area contributed by atoms with E-state index in [1.165, 1.54) is 11.1 Å². The van der Waals surface area contributed by atoms with Crippen LogP contribution >= 0.6 is 0 Å². The van der Waals surface area contributed by atoms with Crippen LogP contribution in [0, 0.1) is 0 Å². The van der Waals surface area contributed by atoms with Gasteiger partial charge in [0.15, 0.2) is 23.0 Å². The lowest BCUT2D eigenvalue weighted by Gasteiger charge is -2.20. The second-order valence-corrected chi connectivity index (χ2v) is 20.1. The van der Waals surface area contributed by atoms with Gasteiger partial charge in [-0.2, -0.15) is 0 Å². The summed E-state index contributed by atoms with van der Waals surface area (Å²) in [6, 6.07) is 28.4. The number of aromatic amines is 1. The van der Waals surface area contributed by atoms with E-state index in [-0.39, 0.29) is 68.7 Å². The minimum absolute atomic E-state index is 0. The Hall–Kier alpha value is -5.94. The zero-order valence-electron chi connectivity index (χ0n) is 40.5. The van der Waals surface area contributed by atoms with E-state index in [9.17, 15) is 18.8 Å². The number of carbonyl (C=O) groups is 3. The molecule has 364 valence electrons. The lowest BCUT2D eigenvalue weighted by atomic mass is 9.87. The molecule has 2 aliphatic carbocycles. The molecule has 11 heteroatoms. The average molecular weight is 932 g/mol. The third-order valence-corrected chi connectivity index (χ3v) is 13.3. The number of hydrogen-bond acceptors (Lipinski definition) is 8. The molecule has 3 fully saturated rings. The monoisotopic (exact) mass is 932 g/mol. The predicted molar refractivity (Wildman–Crippen MR) is 269 cm³/mol. The molecule has 4 aromatic carbocycles. The van der Waals surface area contributed by atoms with Crippen LogP contribution in [-0.2, 0) is 48.8 Å². The van der Waals surface area contributed by atoms with Crippen LogP contribution in [0.1, 0.15) is 142 Å². The summed E-state index contributed by atoms with van der Waals surface area (Å²) >= 11 is 0. The van der Waals surface area contributed by atoms with Gasteiger partial charge in [0.05, 0.1) is 24.9 Å². The summed E-state index contributed by atoms with van der Waals surface area (Å²) in [6.45, 7) is 15.6. The van der Waals surface area contributed by atoms with Crippen LogP contribution in [0.25, 0.3) is 21.8 Å². The number of aromatic nitrogens is 2. The van der Waals surface area contributed by atoms with Crippen molar-refractivity contribution in [3.05, 3.63) is 119 Å². The third kappa shape index (κ3) is 10.5. The number of benzene rings is 4. The molecule has 0 spiro atoms. The number of hydrogen-bond donors (Lipinski definition) is 1. The Labute approximate surface area is 403 Å². The van der Waals surface area contributed by atoms with Crippen molar-refractivity contribution in [2.24, 2.45) is 0 Å². The molecule has 1 unspecified atom stereocenters. The summed E-state index contributed by atoms with van der Waals surface area (Å²) in [6.07, 6.45) is 6.39. The van der Waals surface area contributed by atoms with Crippen molar-refractivity contribution in [2.75, 3.05) is 34.0 Å². The van der Waals surface area contributed by atoms with E-state index in [1.807, 2.05) is 48.5 Å². The highest BCUT2D eigenvalue weighted by Gasteiger charge is 2.52. The minimum Gasteiger partial charge on any atom is -0.454 e. The fourth-order valence-electron chi connectivity index (χ4n) is 9.18. The molecule has 10 nitrogen and oxygen atoms in total. The van der Waals surface area contributed by atoms with E-state index < -0.39 is 5.41 Å². The predicted octanol–water partition coefficient (Wildman–Crippen LogP) is 12.9. The highest BCUT2D eigenvalue weighted by Crippen LogP contribution is 2.53. The first-order valence-corrected chi connectivity index (χ1v) is 23.0. The van der Waals surface area contributed by atoms with Crippen molar-refractivity contribution in [3.8, 4) is 23.0 Å². The summed E-state index contributed by atoms with van der Waals surface area (Å²) in [4.78, 5) is 42.4. The number of ketones is 2. The maximum atomic E-state index is 13.3. The molecule has 1 saturated heterocycles. The number of rotatable bonds is 8. The number of H-pyrrole nitrogens is 1. The van der Waals surface area contributed by atoms with Crippen molar-refractivity contribution in [1.82, 2.24) is 9.55 Å². The molecule has 68 heavy (non-hydrogen) atoms. The van der Waals surface area contributed by atoms with Crippen molar-refractivity contribution in [2.45, 2.75) is 136 Å². The Morgan fingerprint density at radius 3 is 1.60 bits per heavy atom. The third-order valence-electron chi connectivity index (χ3n) is 13.3. The summed E-state index contributed by atoms with van der Waals surface area (Å²) in [5.74, 6) is 3.49. The number of ether oxygens (including phenoxy) is 5. The van der Waals surface area contributed by atoms with E-state index in [0.717, 1.165) is 112 Å². The second kappa shape index (κ2) is 20.3. The molecule has 11 rings (SSSR count). The van der Waals surface area contributed by atoms with Gasteiger partial charge in [-0.15, -0.1) is 0 Å². The number of alkyl halides is 1. The number of carbonyl (C=O) groups excluding carboxylic acids is 3. The van der Waals surface area contributed by atoms with Crippen LogP contribution in [-0.4, -0.2) is 61.0 Å². The van der Waals surface area contributed by atoms with Crippen molar-refractivity contribution >= 4 is 39.3 Å². The van der Waals surface area contributed by atoms with E-state index in [0.29, 0.717) is 20.0 Å². The Morgan fingerprint density at radius 2 is 1.16 bits per heavy atom. The van der Waals surface area contributed by atoms with Gasteiger partial charge < -0.3 is 28.7 Å². The molecule has 6 aromatic rings. The number of fused-ring (bicyclic) bond motifs is 4. The minimum atomic E-state index is -0.419. The van der Waals surface area contributed by atoms with E-state index >= 15 is 0 Å². The molecule has 5 heterocycles. The molecule has 3 aliphatic heterocycles. The highest BCUT2D eigenvalue weighted by molar-refractivity contribution is 5.97. The lowest BCUT2D eigenvalue weighted by Crippen LogP contribution is -2.22. The molecular weight excluding hydrogens is 860 g/mol. The zero-order chi connectivity index (χ0) is 47.9. The summed E-state index contributed by atoms with van der Waals surface area (Å²) in [7, 11) is 0.500. The van der Waals surface area contributed by atoms with Gasteiger partial charge in [0.1, 0.15) is 11.6 Å².